The molecular formula is C23H26BrN3O. The van der Waals surface area contributed by atoms with Crippen LogP contribution in [-0.4, -0.2) is 37.5 Å². The van der Waals surface area contributed by atoms with E-state index in [2.05, 4.69) is 58.1 Å². The number of nitriles is 1. The van der Waals surface area contributed by atoms with Gasteiger partial charge in [0.2, 0.25) is 0 Å². The first-order chi connectivity index (χ1) is 13.5. The molecule has 0 aliphatic carbocycles. The summed E-state index contributed by atoms with van der Waals surface area (Å²) in [6, 6.07) is 14.9. The second-order valence-electron chi connectivity index (χ2n) is 7.24. The van der Waals surface area contributed by atoms with E-state index in [1.807, 2.05) is 19.1 Å². The molecule has 4 nitrogen and oxygen atoms in total. The fourth-order valence-corrected chi connectivity index (χ4v) is 4.14. The quantitative estimate of drug-likeness (QED) is 0.623. The highest BCUT2D eigenvalue weighted by Gasteiger charge is 2.23. The second kappa shape index (κ2) is 9.25. The van der Waals surface area contributed by atoms with E-state index in [1.54, 1.807) is 7.11 Å². The predicted octanol–water partition coefficient (Wildman–Crippen LogP) is 4.77. The molecule has 28 heavy (non-hydrogen) atoms. The number of ether oxygens (including phenoxy) is 1. The number of amidine groups is 1. The lowest BCUT2D eigenvalue weighted by Gasteiger charge is -2.24. The van der Waals surface area contributed by atoms with Crippen LogP contribution in [0.5, 0.6) is 5.75 Å². The minimum absolute atomic E-state index is 0.0116. The standard InChI is InChI=1S/C23H26BrN3O/c1-16(14-25)15-27-12-11-26-23(27)21-6-4-5-17(2)20(21)9-7-18-13-19(24)8-10-22(18)28-3/h4-6,8,10,13,16H,7,9,11-12,15H2,1-3H3. The van der Waals surface area contributed by atoms with Gasteiger partial charge in [-0.05, 0) is 61.6 Å². The Balaban J connectivity index is 1.87. The van der Waals surface area contributed by atoms with Crippen LogP contribution < -0.4 is 4.74 Å². The first-order valence-corrected chi connectivity index (χ1v) is 10.4. The lowest BCUT2D eigenvalue weighted by atomic mass is 9.94. The van der Waals surface area contributed by atoms with Crippen LogP contribution in [0.3, 0.4) is 0 Å². The van der Waals surface area contributed by atoms with E-state index in [1.165, 1.54) is 22.3 Å². The third-order valence-corrected chi connectivity index (χ3v) is 5.68. The van der Waals surface area contributed by atoms with Gasteiger partial charge in [0.25, 0.3) is 0 Å². The SMILES string of the molecule is COc1ccc(Br)cc1CCc1c(C)cccc1C1=NCCN1CC(C)C#N. The van der Waals surface area contributed by atoms with E-state index in [9.17, 15) is 5.26 Å². The van der Waals surface area contributed by atoms with Crippen molar-refractivity contribution in [2.24, 2.45) is 10.9 Å². The average molecular weight is 440 g/mol. The van der Waals surface area contributed by atoms with Gasteiger partial charge in [-0.3, -0.25) is 4.99 Å². The number of nitrogens with zero attached hydrogens (tertiary/aromatic N) is 3. The van der Waals surface area contributed by atoms with Gasteiger partial charge in [-0.15, -0.1) is 0 Å². The van der Waals surface area contributed by atoms with Gasteiger partial charge in [-0.2, -0.15) is 5.26 Å². The lowest BCUT2D eigenvalue weighted by molar-refractivity contribution is 0.409. The topological polar surface area (TPSA) is 48.6 Å². The Morgan fingerprint density at radius 3 is 2.86 bits per heavy atom. The molecule has 1 aliphatic rings. The van der Waals surface area contributed by atoms with Gasteiger partial charge in [0.05, 0.1) is 25.6 Å². The molecule has 0 aromatic heterocycles. The summed E-state index contributed by atoms with van der Waals surface area (Å²) in [6.07, 6.45) is 1.80. The van der Waals surface area contributed by atoms with Gasteiger partial charge in [0, 0.05) is 23.1 Å². The number of hydrogen-bond donors (Lipinski definition) is 0. The molecule has 0 bridgehead atoms. The minimum Gasteiger partial charge on any atom is -0.496 e. The largest absolute Gasteiger partial charge is 0.496 e. The monoisotopic (exact) mass is 439 g/mol. The van der Waals surface area contributed by atoms with E-state index >= 15 is 0 Å². The molecule has 1 atom stereocenters. The van der Waals surface area contributed by atoms with Crippen LogP contribution in [0.25, 0.3) is 0 Å². The molecule has 0 spiro atoms. The Labute approximate surface area is 176 Å². The summed E-state index contributed by atoms with van der Waals surface area (Å²) in [5.41, 5.74) is 4.97. The van der Waals surface area contributed by atoms with Gasteiger partial charge in [-0.25, -0.2) is 0 Å². The zero-order valence-electron chi connectivity index (χ0n) is 16.7. The number of halogens is 1. The van der Waals surface area contributed by atoms with Gasteiger partial charge >= 0.3 is 0 Å². The van der Waals surface area contributed by atoms with Crippen LogP contribution in [0, 0.1) is 24.2 Å². The van der Waals surface area contributed by atoms with Crippen molar-refractivity contribution in [1.29, 1.82) is 5.26 Å². The fraction of sp³-hybridized carbons (Fsp3) is 0.391. The summed E-state index contributed by atoms with van der Waals surface area (Å²) in [7, 11) is 1.72. The number of aliphatic imine (C=N–C) groups is 1. The molecule has 0 radical (unpaired) electrons. The number of aryl methyl sites for hydroxylation is 2. The Hall–Kier alpha value is -2.32. The Morgan fingerprint density at radius 1 is 1.29 bits per heavy atom. The molecule has 0 amide bonds. The van der Waals surface area contributed by atoms with E-state index in [4.69, 9.17) is 9.73 Å². The van der Waals surface area contributed by atoms with Crippen LogP contribution in [0.15, 0.2) is 45.9 Å². The maximum Gasteiger partial charge on any atom is 0.131 e. The van der Waals surface area contributed by atoms with Crippen molar-refractivity contribution in [1.82, 2.24) is 4.90 Å². The summed E-state index contributed by atoms with van der Waals surface area (Å²) in [4.78, 5) is 7.04. The highest BCUT2D eigenvalue weighted by Crippen LogP contribution is 2.27. The lowest BCUT2D eigenvalue weighted by Crippen LogP contribution is -2.33. The van der Waals surface area contributed by atoms with Crippen molar-refractivity contribution in [3.8, 4) is 11.8 Å². The summed E-state index contributed by atoms with van der Waals surface area (Å²) in [6.45, 7) is 6.53. The molecule has 0 saturated carbocycles. The van der Waals surface area contributed by atoms with Crippen molar-refractivity contribution in [2.45, 2.75) is 26.7 Å². The number of rotatable bonds is 7. The van der Waals surface area contributed by atoms with Crippen molar-refractivity contribution in [2.75, 3.05) is 26.7 Å². The molecule has 3 rings (SSSR count). The Bertz CT molecular complexity index is 917. The number of methoxy groups -OCH3 is 1. The molecule has 1 aliphatic heterocycles. The molecule has 2 aromatic rings. The molecule has 0 fully saturated rings. The van der Waals surface area contributed by atoms with Crippen LogP contribution in [-0.2, 0) is 12.8 Å². The summed E-state index contributed by atoms with van der Waals surface area (Å²) < 4.78 is 6.60. The van der Waals surface area contributed by atoms with Gasteiger partial charge in [0.15, 0.2) is 0 Å². The highest BCUT2D eigenvalue weighted by molar-refractivity contribution is 9.10. The molecule has 0 saturated heterocycles. The summed E-state index contributed by atoms with van der Waals surface area (Å²) >= 11 is 3.56. The van der Waals surface area contributed by atoms with E-state index in [-0.39, 0.29) is 5.92 Å². The van der Waals surface area contributed by atoms with Crippen molar-refractivity contribution in [3.63, 3.8) is 0 Å². The Morgan fingerprint density at radius 2 is 2.11 bits per heavy atom. The fourth-order valence-electron chi connectivity index (χ4n) is 3.73. The van der Waals surface area contributed by atoms with Crippen molar-refractivity contribution < 1.29 is 4.74 Å². The molecule has 1 unspecified atom stereocenters. The minimum atomic E-state index is -0.0116. The average Bonchev–Trinajstić information content (AvgIpc) is 3.14. The van der Waals surface area contributed by atoms with E-state index < -0.39 is 0 Å². The van der Waals surface area contributed by atoms with E-state index in [0.29, 0.717) is 0 Å². The van der Waals surface area contributed by atoms with Gasteiger partial charge in [0.1, 0.15) is 11.6 Å². The van der Waals surface area contributed by atoms with Gasteiger partial charge < -0.3 is 9.64 Å². The number of hydrogen-bond acceptors (Lipinski definition) is 4. The molecule has 2 aromatic carbocycles. The summed E-state index contributed by atoms with van der Waals surface area (Å²) in [5.74, 6) is 1.94. The zero-order valence-corrected chi connectivity index (χ0v) is 18.3. The Kier molecular flexibility index (Phi) is 6.74. The molecule has 146 valence electrons. The third kappa shape index (κ3) is 4.56. The maximum absolute atomic E-state index is 9.20. The first kappa shape index (κ1) is 20.4. The van der Waals surface area contributed by atoms with Crippen LogP contribution in [0.2, 0.25) is 0 Å². The molecule has 1 heterocycles. The van der Waals surface area contributed by atoms with Crippen LogP contribution in [0.1, 0.15) is 29.2 Å². The molecule has 0 N–H and O–H groups in total. The summed E-state index contributed by atoms with van der Waals surface area (Å²) in [5, 5.41) is 9.20. The first-order valence-electron chi connectivity index (χ1n) is 9.63. The van der Waals surface area contributed by atoms with Gasteiger partial charge in [-0.1, -0.05) is 34.1 Å². The highest BCUT2D eigenvalue weighted by atomic mass is 79.9. The second-order valence-corrected chi connectivity index (χ2v) is 8.15. The zero-order chi connectivity index (χ0) is 20.1. The molecule has 5 heteroatoms. The maximum atomic E-state index is 9.20. The van der Waals surface area contributed by atoms with Crippen LogP contribution in [0.4, 0.5) is 0 Å². The number of benzene rings is 2. The van der Waals surface area contributed by atoms with Crippen molar-refractivity contribution in [3.05, 3.63) is 63.1 Å². The van der Waals surface area contributed by atoms with Crippen molar-refractivity contribution >= 4 is 21.8 Å². The molecular weight excluding hydrogens is 414 g/mol. The predicted molar refractivity (Wildman–Crippen MR) is 117 cm³/mol. The third-order valence-electron chi connectivity index (χ3n) is 5.18. The van der Waals surface area contributed by atoms with E-state index in [0.717, 1.165) is 48.5 Å². The normalized spacial score (nSPS) is 14.5. The smallest absolute Gasteiger partial charge is 0.131 e. The van der Waals surface area contributed by atoms with Crippen LogP contribution >= 0.6 is 15.9 Å².